The maximum atomic E-state index is 12.6. The second-order valence-corrected chi connectivity index (χ2v) is 6.57. The molecule has 0 aromatic heterocycles. The summed E-state index contributed by atoms with van der Waals surface area (Å²) < 4.78 is 0. The number of carbonyl (C=O) groups is 4. The van der Waals surface area contributed by atoms with Crippen LogP contribution in [0.15, 0.2) is 18.2 Å². The maximum absolute atomic E-state index is 12.6. The lowest BCUT2D eigenvalue weighted by Gasteiger charge is -2.29. The molecule has 26 heavy (non-hydrogen) atoms. The highest BCUT2D eigenvalue weighted by atomic mass is 16.2. The predicted octanol–water partition coefficient (Wildman–Crippen LogP) is 0.515. The van der Waals surface area contributed by atoms with Crippen molar-refractivity contribution in [1.82, 2.24) is 10.2 Å². The summed E-state index contributed by atoms with van der Waals surface area (Å²) in [5, 5.41) is 5.10. The van der Waals surface area contributed by atoms with Crippen LogP contribution in [0, 0.1) is 0 Å². The third-order valence-electron chi connectivity index (χ3n) is 4.67. The first-order chi connectivity index (χ1) is 12.5. The maximum Gasteiger partial charge on any atom is 0.255 e. The largest absolute Gasteiger partial charge is 0.330 e. The minimum Gasteiger partial charge on any atom is -0.330 e. The molecule has 2 aliphatic heterocycles. The Hall–Kier alpha value is -2.74. The highest BCUT2D eigenvalue weighted by Crippen LogP contribution is 2.29. The molecule has 4 amide bonds. The van der Waals surface area contributed by atoms with Gasteiger partial charge in [0.15, 0.2) is 0 Å². The molecule has 4 N–H and O–H groups in total. The Labute approximate surface area is 151 Å². The van der Waals surface area contributed by atoms with Crippen LogP contribution < -0.4 is 16.4 Å². The molecule has 1 aromatic rings. The number of amides is 4. The van der Waals surface area contributed by atoms with Crippen LogP contribution in [0.2, 0.25) is 0 Å². The van der Waals surface area contributed by atoms with Crippen molar-refractivity contribution in [2.75, 3.05) is 11.9 Å². The third kappa shape index (κ3) is 3.75. The summed E-state index contributed by atoms with van der Waals surface area (Å²) in [5.41, 5.74) is 7.33. The van der Waals surface area contributed by atoms with Crippen LogP contribution in [0.3, 0.4) is 0 Å². The molecule has 1 saturated heterocycles. The highest BCUT2D eigenvalue weighted by Gasteiger charge is 2.39. The zero-order chi connectivity index (χ0) is 18.7. The summed E-state index contributed by atoms with van der Waals surface area (Å²) in [7, 11) is 0. The number of nitrogens with zero attached hydrogens (tertiary/aromatic N) is 1. The van der Waals surface area contributed by atoms with Gasteiger partial charge in [0, 0.05) is 30.6 Å². The van der Waals surface area contributed by atoms with Gasteiger partial charge in [0.2, 0.25) is 17.7 Å². The van der Waals surface area contributed by atoms with Gasteiger partial charge in [-0.15, -0.1) is 0 Å². The van der Waals surface area contributed by atoms with Crippen molar-refractivity contribution in [3.05, 3.63) is 29.3 Å². The van der Waals surface area contributed by atoms with E-state index < -0.39 is 11.9 Å². The molecule has 3 rings (SSSR count). The Morgan fingerprint density at radius 1 is 1.27 bits per heavy atom. The fraction of sp³-hybridized carbons (Fsp3) is 0.444. The Morgan fingerprint density at radius 2 is 2.08 bits per heavy atom. The molecule has 2 heterocycles. The van der Waals surface area contributed by atoms with Crippen molar-refractivity contribution in [1.29, 1.82) is 0 Å². The van der Waals surface area contributed by atoms with Crippen LogP contribution >= 0.6 is 0 Å². The standard InChI is InChI=1S/C18H22N4O4/c19-8-2-1-3-15(23)20-12-4-5-13-11(9-12)10-22(18(13)26)14-6-7-16(24)21-17(14)25/h4-5,9,14H,1-3,6-8,10,19H2,(H,20,23)(H,21,24,25). The quantitative estimate of drug-likeness (QED) is 0.505. The highest BCUT2D eigenvalue weighted by molar-refractivity contribution is 6.05. The van der Waals surface area contributed by atoms with Crippen LogP contribution in [0.25, 0.3) is 0 Å². The van der Waals surface area contributed by atoms with E-state index in [-0.39, 0.29) is 30.7 Å². The van der Waals surface area contributed by atoms with E-state index in [4.69, 9.17) is 5.73 Å². The third-order valence-corrected chi connectivity index (χ3v) is 4.67. The number of anilines is 1. The van der Waals surface area contributed by atoms with Gasteiger partial charge < -0.3 is 16.0 Å². The smallest absolute Gasteiger partial charge is 0.255 e. The monoisotopic (exact) mass is 358 g/mol. The summed E-state index contributed by atoms with van der Waals surface area (Å²) >= 11 is 0. The van der Waals surface area contributed by atoms with Crippen molar-refractivity contribution in [3.63, 3.8) is 0 Å². The van der Waals surface area contributed by atoms with Gasteiger partial charge in [0.05, 0.1) is 0 Å². The number of nitrogens with one attached hydrogen (secondary N) is 2. The fourth-order valence-corrected chi connectivity index (χ4v) is 3.31. The molecule has 0 bridgehead atoms. The van der Waals surface area contributed by atoms with Gasteiger partial charge in [-0.2, -0.15) is 0 Å². The molecule has 0 radical (unpaired) electrons. The number of nitrogens with two attached hydrogens (primary N) is 1. The molecule has 8 heteroatoms. The minimum absolute atomic E-state index is 0.0928. The first kappa shape index (κ1) is 18.1. The second kappa shape index (κ2) is 7.65. The van der Waals surface area contributed by atoms with Gasteiger partial charge in [-0.05, 0) is 49.6 Å². The molecular weight excluding hydrogens is 336 g/mol. The molecule has 1 fully saturated rings. The van der Waals surface area contributed by atoms with E-state index in [0.29, 0.717) is 30.6 Å². The predicted molar refractivity (Wildman–Crippen MR) is 94.0 cm³/mol. The average molecular weight is 358 g/mol. The van der Waals surface area contributed by atoms with E-state index in [1.165, 1.54) is 4.90 Å². The normalized spacial score (nSPS) is 19.3. The average Bonchev–Trinajstić information content (AvgIpc) is 2.91. The number of piperidine rings is 1. The van der Waals surface area contributed by atoms with Crippen molar-refractivity contribution in [2.24, 2.45) is 5.73 Å². The Kier molecular flexibility index (Phi) is 5.32. The van der Waals surface area contributed by atoms with Gasteiger partial charge in [-0.1, -0.05) is 0 Å². The molecule has 1 atom stereocenters. The summed E-state index contributed by atoms with van der Waals surface area (Å²) in [5.74, 6) is -1.06. The zero-order valence-electron chi connectivity index (χ0n) is 14.4. The lowest BCUT2D eigenvalue weighted by molar-refractivity contribution is -0.137. The second-order valence-electron chi connectivity index (χ2n) is 6.57. The number of carbonyl (C=O) groups excluding carboxylic acids is 4. The molecule has 0 saturated carbocycles. The van der Waals surface area contributed by atoms with Gasteiger partial charge in [-0.25, -0.2) is 0 Å². The van der Waals surface area contributed by atoms with E-state index in [1.54, 1.807) is 18.2 Å². The molecule has 2 aliphatic rings. The molecule has 1 aromatic carbocycles. The molecule has 8 nitrogen and oxygen atoms in total. The van der Waals surface area contributed by atoms with Gasteiger partial charge >= 0.3 is 0 Å². The van der Waals surface area contributed by atoms with E-state index in [2.05, 4.69) is 10.6 Å². The van der Waals surface area contributed by atoms with Crippen molar-refractivity contribution >= 4 is 29.3 Å². The van der Waals surface area contributed by atoms with Crippen LogP contribution in [0.1, 0.15) is 48.0 Å². The molecular formula is C18H22N4O4. The number of fused-ring (bicyclic) bond motifs is 1. The number of benzene rings is 1. The minimum atomic E-state index is -0.637. The van der Waals surface area contributed by atoms with Crippen molar-refractivity contribution in [2.45, 2.75) is 44.7 Å². The summed E-state index contributed by atoms with van der Waals surface area (Å²) in [6.07, 6.45) is 2.48. The van der Waals surface area contributed by atoms with Crippen molar-refractivity contribution in [3.8, 4) is 0 Å². The summed E-state index contributed by atoms with van der Waals surface area (Å²) in [6.45, 7) is 0.849. The van der Waals surface area contributed by atoms with Gasteiger partial charge in [0.25, 0.3) is 5.91 Å². The van der Waals surface area contributed by atoms with Crippen LogP contribution in [0.5, 0.6) is 0 Å². The Balaban J connectivity index is 1.67. The number of imide groups is 1. The molecule has 1 unspecified atom stereocenters. The van der Waals surface area contributed by atoms with Gasteiger partial charge in [-0.3, -0.25) is 24.5 Å². The van der Waals surface area contributed by atoms with E-state index >= 15 is 0 Å². The zero-order valence-corrected chi connectivity index (χ0v) is 14.4. The van der Waals surface area contributed by atoms with E-state index in [9.17, 15) is 19.2 Å². The van der Waals surface area contributed by atoms with Crippen LogP contribution in [0.4, 0.5) is 5.69 Å². The topological polar surface area (TPSA) is 122 Å². The summed E-state index contributed by atoms with van der Waals surface area (Å²) in [4.78, 5) is 49.3. The summed E-state index contributed by atoms with van der Waals surface area (Å²) in [6, 6.07) is 4.48. The number of rotatable bonds is 6. The number of hydrogen-bond acceptors (Lipinski definition) is 5. The van der Waals surface area contributed by atoms with Crippen molar-refractivity contribution < 1.29 is 19.2 Å². The SMILES string of the molecule is NCCCCC(=O)Nc1ccc2c(c1)CN(C1CCC(=O)NC1=O)C2=O. The number of unbranched alkanes of at least 4 members (excludes halogenated alkanes) is 1. The first-order valence-electron chi connectivity index (χ1n) is 8.77. The first-order valence-corrected chi connectivity index (χ1v) is 8.77. The molecule has 0 aliphatic carbocycles. The van der Waals surface area contributed by atoms with Crippen LogP contribution in [-0.2, 0) is 20.9 Å². The lowest BCUT2D eigenvalue weighted by Crippen LogP contribution is -2.52. The molecule has 0 spiro atoms. The Bertz CT molecular complexity index is 762. The molecule has 138 valence electrons. The lowest BCUT2D eigenvalue weighted by atomic mass is 10.0. The van der Waals surface area contributed by atoms with E-state index in [1.807, 2.05) is 0 Å². The number of hydrogen-bond donors (Lipinski definition) is 3. The van der Waals surface area contributed by atoms with Gasteiger partial charge in [0.1, 0.15) is 6.04 Å². The fourth-order valence-electron chi connectivity index (χ4n) is 3.31. The Morgan fingerprint density at radius 3 is 2.81 bits per heavy atom. The van der Waals surface area contributed by atoms with E-state index in [0.717, 1.165) is 18.4 Å². The van der Waals surface area contributed by atoms with Crippen LogP contribution in [-0.4, -0.2) is 41.1 Å².